The van der Waals surface area contributed by atoms with Crippen molar-refractivity contribution in [3.63, 3.8) is 0 Å². The quantitative estimate of drug-likeness (QED) is 0.830. The van der Waals surface area contributed by atoms with Crippen LogP contribution >= 0.6 is 0 Å². The number of aromatic nitrogens is 3. The lowest BCUT2D eigenvalue weighted by molar-refractivity contribution is 0.414. The first kappa shape index (κ1) is 11.4. The number of anilines is 1. The molecule has 0 saturated carbocycles. The molecular formula is C12H16N4O. The molecule has 2 N–H and O–H groups in total. The zero-order chi connectivity index (χ0) is 12.1. The van der Waals surface area contributed by atoms with E-state index in [-0.39, 0.29) is 0 Å². The third-order valence-electron chi connectivity index (χ3n) is 2.40. The average Bonchev–Trinajstić information content (AvgIpc) is 2.89. The normalized spacial score (nSPS) is 10.2. The van der Waals surface area contributed by atoms with Gasteiger partial charge in [-0.05, 0) is 18.6 Å². The van der Waals surface area contributed by atoms with Crippen LogP contribution < -0.4 is 10.1 Å². The fourth-order valence-electron chi connectivity index (χ4n) is 1.61. The van der Waals surface area contributed by atoms with Crippen LogP contribution in [0.2, 0.25) is 0 Å². The number of hydrogen-bond donors (Lipinski definition) is 2. The Morgan fingerprint density at radius 2 is 2.29 bits per heavy atom. The van der Waals surface area contributed by atoms with Crippen molar-refractivity contribution in [2.45, 2.75) is 13.3 Å². The Kier molecular flexibility index (Phi) is 3.59. The maximum absolute atomic E-state index is 5.39. The highest BCUT2D eigenvalue weighted by Gasteiger charge is 2.13. The van der Waals surface area contributed by atoms with Gasteiger partial charge in [-0.2, -0.15) is 0 Å². The molecule has 0 aliphatic heterocycles. The highest BCUT2D eigenvalue weighted by Crippen LogP contribution is 2.31. The van der Waals surface area contributed by atoms with Crippen molar-refractivity contribution < 1.29 is 4.74 Å². The Morgan fingerprint density at radius 1 is 1.41 bits per heavy atom. The first-order valence-corrected chi connectivity index (χ1v) is 5.63. The summed E-state index contributed by atoms with van der Waals surface area (Å²) in [7, 11) is 1.63. The van der Waals surface area contributed by atoms with Crippen LogP contribution in [-0.2, 0) is 0 Å². The Balaban J connectivity index is 2.39. The molecule has 5 nitrogen and oxygen atoms in total. The SMILES string of the molecule is CCCNc1ncnc(-c2ccc[nH]2)c1OC. The van der Waals surface area contributed by atoms with Crippen molar-refractivity contribution in [1.82, 2.24) is 15.0 Å². The van der Waals surface area contributed by atoms with Crippen LogP contribution in [0.1, 0.15) is 13.3 Å². The molecule has 0 aromatic carbocycles. The van der Waals surface area contributed by atoms with E-state index in [0.717, 1.165) is 30.2 Å². The van der Waals surface area contributed by atoms with Gasteiger partial charge in [0.2, 0.25) is 0 Å². The van der Waals surface area contributed by atoms with Crippen molar-refractivity contribution in [2.75, 3.05) is 19.0 Å². The van der Waals surface area contributed by atoms with Crippen molar-refractivity contribution in [3.8, 4) is 17.1 Å². The van der Waals surface area contributed by atoms with Crippen LogP contribution in [-0.4, -0.2) is 28.6 Å². The second kappa shape index (κ2) is 5.34. The monoisotopic (exact) mass is 232 g/mol. The molecule has 2 heterocycles. The summed E-state index contributed by atoms with van der Waals surface area (Å²) >= 11 is 0. The molecular weight excluding hydrogens is 216 g/mol. The summed E-state index contributed by atoms with van der Waals surface area (Å²) in [4.78, 5) is 11.6. The summed E-state index contributed by atoms with van der Waals surface area (Å²) in [6, 6.07) is 3.88. The second-order valence-electron chi connectivity index (χ2n) is 3.61. The van der Waals surface area contributed by atoms with E-state index in [1.165, 1.54) is 6.33 Å². The molecule has 2 rings (SSSR count). The van der Waals surface area contributed by atoms with E-state index in [9.17, 15) is 0 Å². The van der Waals surface area contributed by atoms with E-state index in [1.54, 1.807) is 7.11 Å². The van der Waals surface area contributed by atoms with E-state index >= 15 is 0 Å². The number of nitrogens with zero attached hydrogens (tertiary/aromatic N) is 2. The number of hydrogen-bond acceptors (Lipinski definition) is 4. The van der Waals surface area contributed by atoms with Crippen LogP contribution in [0.25, 0.3) is 11.4 Å². The summed E-state index contributed by atoms with van der Waals surface area (Å²) in [5.74, 6) is 1.40. The molecule has 17 heavy (non-hydrogen) atoms. The lowest BCUT2D eigenvalue weighted by Crippen LogP contribution is -2.05. The molecule has 0 aliphatic rings. The lowest BCUT2D eigenvalue weighted by atomic mass is 10.2. The molecule has 2 aromatic rings. The van der Waals surface area contributed by atoms with Gasteiger partial charge in [0.25, 0.3) is 0 Å². The molecule has 2 aromatic heterocycles. The zero-order valence-corrected chi connectivity index (χ0v) is 10.0. The smallest absolute Gasteiger partial charge is 0.189 e. The molecule has 5 heteroatoms. The third-order valence-corrected chi connectivity index (χ3v) is 2.40. The molecule has 0 atom stereocenters. The molecule has 0 aliphatic carbocycles. The van der Waals surface area contributed by atoms with Crippen molar-refractivity contribution in [3.05, 3.63) is 24.7 Å². The van der Waals surface area contributed by atoms with Gasteiger partial charge in [0, 0.05) is 12.7 Å². The molecule has 0 saturated heterocycles. The lowest BCUT2D eigenvalue weighted by Gasteiger charge is -2.11. The number of H-pyrrole nitrogens is 1. The van der Waals surface area contributed by atoms with E-state index in [4.69, 9.17) is 4.74 Å². The minimum atomic E-state index is 0.670. The van der Waals surface area contributed by atoms with Gasteiger partial charge in [-0.25, -0.2) is 9.97 Å². The van der Waals surface area contributed by atoms with E-state index in [2.05, 4.69) is 27.2 Å². The fraction of sp³-hybridized carbons (Fsp3) is 0.333. The predicted molar refractivity (Wildman–Crippen MR) is 67.2 cm³/mol. The number of ether oxygens (including phenoxy) is 1. The summed E-state index contributed by atoms with van der Waals surface area (Å²) < 4.78 is 5.39. The Hall–Kier alpha value is -2.04. The van der Waals surface area contributed by atoms with Gasteiger partial charge < -0.3 is 15.0 Å². The summed E-state index contributed by atoms with van der Waals surface area (Å²) in [5, 5.41) is 3.23. The van der Waals surface area contributed by atoms with E-state index in [1.807, 2.05) is 18.3 Å². The zero-order valence-electron chi connectivity index (χ0n) is 10.0. The third kappa shape index (κ3) is 2.38. The van der Waals surface area contributed by atoms with Crippen LogP contribution in [0.3, 0.4) is 0 Å². The van der Waals surface area contributed by atoms with Crippen LogP contribution in [0.15, 0.2) is 24.7 Å². The Bertz CT molecular complexity index is 467. The first-order valence-electron chi connectivity index (χ1n) is 5.63. The van der Waals surface area contributed by atoms with Crippen LogP contribution in [0.5, 0.6) is 5.75 Å². The second-order valence-corrected chi connectivity index (χ2v) is 3.61. The Labute approximate surface area is 100 Å². The van der Waals surface area contributed by atoms with Gasteiger partial charge in [0.05, 0.1) is 12.8 Å². The van der Waals surface area contributed by atoms with Crippen molar-refractivity contribution >= 4 is 5.82 Å². The molecule has 0 bridgehead atoms. The highest BCUT2D eigenvalue weighted by atomic mass is 16.5. The minimum absolute atomic E-state index is 0.670. The largest absolute Gasteiger partial charge is 0.491 e. The molecule has 0 radical (unpaired) electrons. The number of aromatic amines is 1. The van der Waals surface area contributed by atoms with E-state index < -0.39 is 0 Å². The van der Waals surface area contributed by atoms with Gasteiger partial charge in [0.15, 0.2) is 11.6 Å². The predicted octanol–water partition coefficient (Wildman–Crippen LogP) is 2.30. The molecule has 90 valence electrons. The van der Waals surface area contributed by atoms with E-state index in [0.29, 0.717) is 5.75 Å². The highest BCUT2D eigenvalue weighted by molar-refractivity contribution is 5.70. The fourth-order valence-corrected chi connectivity index (χ4v) is 1.61. The summed E-state index contributed by atoms with van der Waals surface area (Å²) in [6.45, 7) is 2.96. The number of methoxy groups -OCH3 is 1. The van der Waals surface area contributed by atoms with Crippen molar-refractivity contribution in [2.24, 2.45) is 0 Å². The minimum Gasteiger partial charge on any atom is -0.491 e. The van der Waals surface area contributed by atoms with Gasteiger partial charge in [-0.3, -0.25) is 0 Å². The van der Waals surface area contributed by atoms with Crippen LogP contribution in [0, 0.1) is 0 Å². The Morgan fingerprint density at radius 3 is 2.94 bits per heavy atom. The summed E-state index contributed by atoms with van der Waals surface area (Å²) in [5.41, 5.74) is 1.69. The number of nitrogens with one attached hydrogen (secondary N) is 2. The summed E-state index contributed by atoms with van der Waals surface area (Å²) in [6.07, 6.45) is 4.43. The molecule has 0 spiro atoms. The van der Waals surface area contributed by atoms with Gasteiger partial charge >= 0.3 is 0 Å². The maximum Gasteiger partial charge on any atom is 0.189 e. The molecule has 0 fully saturated rings. The number of rotatable bonds is 5. The van der Waals surface area contributed by atoms with Gasteiger partial charge in [0.1, 0.15) is 12.0 Å². The topological polar surface area (TPSA) is 62.8 Å². The average molecular weight is 232 g/mol. The molecule has 0 amide bonds. The van der Waals surface area contributed by atoms with Gasteiger partial charge in [-0.15, -0.1) is 0 Å². The maximum atomic E-state index is 5.39. The standard InChI is InChI=1S/C12H16N4O/c1-3-6-14-12-11(17-2)10(15-8-16-12)9-5-4-7-13-9/h4-5,7-8,13H,3,6H2,1-2H3,(H,14,15,16). The first-order chi connectivity index (χ1) is 8.36. The molecule has 0 unspecified atom stereocenters. The van der Waals surface area contributed by atoms with Crippen molar-refractivity contribution in [1.29, 1.82) is 0 Å². The van der Waals surface area contributed by atoms with Gasteiger partial charge in [-0.1, -0.05) is 6.92 Å². The van der Waals surface area contributed by atoms with Crippen LogP contribution in [0.4, 0.5) is 5.82 Å².